The van der Waals surface area contributed by atoms with Crippen LogP contribution in [0.4, 0.5) is 11.4 Å². The number of benzene rings is 2. The van der Waals surface area contributed by atoms with Gasteiger partial charge in [-0.05, 0) is 48.9 Å². The van der Waals surface area contributed by atoms with Crippen LogP contribution in [0.15, 0.2) is 54.2 Å². The lowest BCUT2D eigenvalue weighted by molar-refractivity contribution is -0.112. The molecule has 4 nitrogen and oxygen atoms in total. The van der Waals surface area contributed by atoms with E-state index in [1.807, 2.05) is 25.1 Å². The third-order valence-corrected chi connectivity index (χ3v) is 3.68. The molecule has 0 spiro atoms. The smallest absolute Gasteiger partial charge is 0.267 e. The third kappa shape index (κ3) is 4.75. The van der Waals surface area contributed by atoms with Crippen molar-refractivity contribution in [3.8, 4) is 6.07 Å². The average molecular weight is 346 g/mol. The lowest BCUT2D eigenvalue weighted by Crippen LogP contribution is -2.14. The van der Waals surface area contributed by atoms with Gasteiger partial charge in [0.2, 0.25) is 0 Å². The molecule has 0 aliphatic rings. The van der Waals surface area contributed by atoms with Crippen LogP contribution in [0.5, 0.6) is 0 Å². The van der Waals surface area contributed by atoms with Crippen molar-refractivity contribution < 1.29 is 4.79 Å². The maximum Gasteiger partial charge on any atom is 0.267 e. The second-order valence-electron chi connectivity index (χ2n) is 4.74. The van der Waals surface area contributed by atoms with Crippen molar-refractivity contribution in [2.45, 2.75) is 6.92 Å². The van der Waals surface area contributed by atoms with Crippen LogP contribution >= 0.6 is 23.2 Å². The molecule has 0 atom stereocenters. The maximum absolute atomic E-state index is 12.1. The quantitative estimate of drug-likeness (QED) is 0.620. The van der Waals surface area contributed by atoms with E-state index in [0.29, 0.717) is 21.4 Å². The van der Waals surface area contributed by atoms with Crippen LogP contribution in [0.3, 0.4) is 0 Å². The second-order valence-corrected chi connectivity index (χ2v) is 5.58. The molecule has 0 saturated heterocycles. The van der Waals surface area contributed by atoms with Crippen LogP contribution in [0.2, 0.25) is 10.0 Å². The molecule has 2 aromatic rings. The summed E-state index contributed by atoms with van der Waals surface area (Å²) in [6.45, 7) is 1.89. The summed E-state index contributed by atoms with van der Waals surface area (Å²) in [5, 5.41) is 15.8. The van der Waals surface area contributed by atoms with E-state index in [2.05, 4.69) is 10.6 Å². The van der Waals surface area contributed by atoms with Crippen molar-refractivity contribution in [3.05, 3.63) is 69.8 Å². The van der Waals surface area contributed by atoms with Crippen LogP contribution < -0.4 is 10.6 Å². The SMILES string of the molecule is Cc1ccc(N/C=C(/C#N)C(=O)Nc2ccc(Cl)cc2)cc1Cl. The zero-order valence-electron chi connectivity index (χ0n) is 12.2. The molecule has 2 rings (SSSR count). The number of amides is 1. The number of rotatable bonds is 4. The molecule has 1 amide bonds. The van der Waals surface area contributed by atoms with Crippen molar-refractivity contribution in [3.63, 3.8) is 0 Å². The first-order chi connectivity index (χ1) is 11.0. The van der Waals surface area contributed by atoms with Gasteiger partial charge in [0.05, 0.1) is 0 Å². The Bertz CT molecular complexity index is 792. The van der Waals surface area contributed by atoms with E-state index >= 15 is 0 Å². The molecule has 2 N–H and O–H groups in total. The zero-order chi connectivity index (χ0) is 16.8. The van der Waals surface area contributed by atoms with E-state index in [1.54, 1.807) is 30.3 Å². The predicted molar refractivity (Wildman–Crippen MR) is 93.6 cm³/mol. The fraction of sp³-hybridized carbons (Fsp3) is 0.0588. The van der Waals surface area contributed by atoms with Gasteiger partial charge in [0.15, 0.2) is 0 Å². The minimum atomic E-state index is -0.513. The van der Waals surface area contributed by atoms with Crippen molar-refractivity contribution in [1.82, 2.24) is 0 Å². The Morgan fingerprint density at radius 3 is 2.39 bits per heavy atom. The van der Waals surface area contributed by atoms with E-state index in [9.17, 15) is 4.79 Å². The summed E-state index contributed by atoms with van der Waals surface area (Å²) in [5.41, 5.74) is 2.13. The summed E-state index contributed by atoms with van der Waals surface area (Å²) < 4.78 is 0. The fourth-order valence-corrected chi connectivity index (χ4v) is 2.02. The largest absolute Gasteiger partial charge is 0.360 e. The van der Waals surface area contributed by atoms with Gasteiger partial charge in [-0.3, -0.25) is 4.79 Å². The highest BCUT2D eigenvalue weighted by atomic mass is 35.5. The van der Waals surface area contributed by atoms with E-state index in [-0.39, 0.29) is 5.57 Å². The van der Waals surface area contributed by atoms with Crippen LogP contribution in [0, 0.1) is 18.3 Å². The van der Waals surface area contributed by atoms with Gasteiger partial charge in [0.25, 0.3) is 5.91 Å². The van der Waals surface area contributed by atoms with Crippen LogP contribution in [0.25, 0.3) is 0 Å². The van der Waals surface area contributed by atoms with E-state index in [1.165, 1.54) is 6.20 Å². The molecule has 0 aliphatic heterocycles. The third-order valence-electron chi connectivity index (χ3n) is 3.02. The molecule has 116 valence electrons. The van der Waals surface area contributed by atoms with Gasteiger partial charge < -0.3 is 10.6 Å². The number of hydrogen-bond donors (Lipinski definition) is 2. The summed E-state index contributed by atoms with van der Waals surface area (Å²) in [7, 11) is 0. The van der Waals surface area contributed by atoms with Crippen molar-refractivity contribution in [2.75, 3.05) is 10.6 Å². The minimum Gasteiger partial charge on any atom is -0.360 e. The molecule has 0 aliphatic carbocycles. The van der Waals surface area contributed by atoms with Gasteiger partial charge in [-0.2, -0.15) is 5.26 Å². The summed E-state index contributed by atoms with van der Waals surface area (Å²) in [6, 6.07) is 13.8. The topological polar surface area (TPSA) is 64.9 Å². The van der Waals surface area contributed by atoms with E-state index in [0.717, 1.165) is 5.56 Å². The minimum absolute atomic E-state index is 0.0587. The molecular formula is C17H13Cl2N3O. The molecule has 23 heavy (non-hydrogen) atoms. The molecule has 0 saturated carbocycles. The standard InChI is InChI=1S/C17H13Cl2N3O/c1-11-2-5-15(8-16(11)19)21-10-12(9-20)17(23)22-14-6-3-13(18)4-7-14/h2-8,10,21H,1H3,(H,22,23)/b12-10-. The number of halogens is 2. The molecule has 0 fully saturated rings. The number of nitriles is 1. The predicted octanol–water partition coefficient (Wildman–Crippen LogP) is 4.76. The summed E-state index contributed by atoms with van der Waals surface area (Å²) in [6.07, 6.45) is 1.34. The normalized spacial score (nSPS) is 10.8. The molecule has 2 aromatic carbocycles. The number of carbonyl (C=O) groups excluding carboxylic acids is 1. The van der Waals surface area contributed by atoms with E-state index in [4.69, 9.17) is 28.5 Å². The second kappa shape index (κ2) is 7.68. The molecule has 6 heteroatoms. The Labute approximate surface area is 144 Å². The average Bonchev–Trinajstić information content (AvgIpc) is 2.53. The Balaban J connectivity index is 2.08. The van der Waals surface area contributed by atoms with Crippen LogP contribution in [0.1, 0.15) is 5.56 Å². The van der Waals surface area contributed by atoms with Crippen LogP contribution in [-0.4, -0.2) is 5.91 Å². The first-order valence-electron chi connectivity index (χ1n) is 6.69. The highest BCUT2D eigenvalue weighted by molar-refractivity contribution is 6.31. The number of carbonyl (C=O) groups is 1. The Hall–Kier alpha value is -2.48. The van der Waals surface area contributed by atoms with Gasteiger partial charge >= 0.3 is 0 Å². The van der Waals surface area contributed by atoms with Gasteiger partial charge in [0, 0.05) is 27.6 Å². The molecule has 0 unspecified atom stereocenters. The van der Waals surface area contributed by atoms with Gasteiger partial charge in [0.1, 0.15) is 11.6 Å². The number of nitrogens with zero attached hydrogens (tertiary/aromatic N) is 1. The highest BCUT2D eigenvalue weighted by Gasteiger charge is 2.09. The van der Waals surface area contributed by atoms with Crippen molar-refractivity contribution >= 4 is 40.5 Å². The highest BCUT2D eigenvalue weighted by Crippen LogP contribution is 2.20. The summed E-state index contributed by atoms with van der Waals surface area (Å²) >= 11 is 11.8. The van der Waals surface area contributed by atoms with Crippen LogP contribution in [-0.2, 0) is 4.79 Å². The Morgan fingerprint density at radius 2 is 1.78 bits per heavy atom. The summed E-state index contributed by atoms with van der Waals surface area (Å²) in [5.74, 6) is -0.513. The maximum atomic E-state index is 12.1. The molecule has 0 bridgehead atoms. The summed E-state index contributed by atoms with van der Waals surface area (Å²) in [4.78, 5) is 12.1. The van der Waals surface area contributed by atoms with Gasteiger partial charge in [-0.15, -0.1) is 0 Å². The van der Waals surface area contributed by atoms with E-state index < -0.39 is 5.91 Å². The van der Waals surface area contributed by atoms with Crippen molar-refractivity contribution in [2.24, 2.45) is 0 Å². The lowest BCUT2D eigenvalue weighted by Gasteiger charge is -2.06. The number of hydrogen-bond acceptors (Lipinski definition) is 3. The molecule has 0 radical (unpaired) electrons. The lowest BCUT2D eigenvalue weighted by atomic mass is 10.2. The fourth-order valence-electron chi connectivity index (χ4n) is 1.72. The Morgan fingerprint density at radius 1 is 1.13 bits per heavy atom. The van der Waals surface area contributed by atoms with Gasteiger partial charge in [-0.1, -0.05) is 29.3 Å². The number of aryl methyl sites for hydroxylation is 1. The molecular weight excluding hydrogens is 333 g/mol. The molecule has 0 aromatic heterocycles. The van der Waals surface area contributed by atoms with Gasteiger partial charge in [-0.25, -0.2) is 0 Å². The zero-order valence-corrected chi connectivity index (χ0v) is 13.7. The Kier molecular flexibility index (Phi) is 5.64. The first kappa shape index (κ1) is 16.9. The molecule has 0 heterocycles. The van der Waals surface area contributed by atoms with Crippen molar-refractivity contribution in [1.29, 1.82) is 5.26 Å². The number of nitrogens with one attached hydrogen (secondary N) is 2. The monoisotopic (exact) mass is 345 g/mol. The first-order valence-corrected chi connectivity index (χ1v) is 7.45. The number of anilines is 2.